The summed E-state index contributed by atoms with van der Waals surface area (Å²) in [5, 5.41) is 11.6. The predicted molar refractivity (Wildman–Crippen MR) is 56.4 cm³/mol. The molecule has 0 bridgehead atoms. The SMILES string of the molecule is CC(C(=O)O)C(=O)NC1(C)CCCCC1. The van der Waals surface area contributed by atoms with E-state index in [9.17, 15) is 9.59 Å². The molecule has 2 N–H and O–H groups in total. The number of rotatable bonds is 3. The summed E-state index contributed by atoms with van der Waals surface area (Å²) in [6, 6.07) is 0. The van der Waals surface area contributed by atoms with Crippen LogP contribution in [0.4, 0.5) is 0 Å². The Kier molecular flexibility index (Phi) is 3.72. The van der Waals surface area contributed by atoms with E-state index in [2.05, 4.69) is 5.32 Å². The Morgan fingerprint density at radius 1 is 1.27 bits per heavy atom. The molecular formula is C11H19NO3. The molecule has 15 heavy (non-hydrogen) atoms. The van der Waals surface area contributed by atoms with Gasteiger partial charge in [-0.25, -0.2) is 0 Å². The molecule has 1 unspecified atom stereocenters. The van der Waals surface area contributed by atoms with Crippen LogP contribution in [0.25, 0.3) is 0 Å². The van der Waals surface area contributed by atoms with Gasteiger partial charge in [0, 0.05) is 5.54 Å². The number of carboxylic acids is 1. The molecule has 1 atom stereocenters. The second-order valence-corrected chi connectivity index (χ2v) is 4.67. The molecule has 0 heterocycles. The van der Waals surface area contributed by atoms with E-state index >= 15 is 0 Å². The molecule has 1 amide bonds. The monoisotopic (exact) mass is 213 g/mol. The fourth-order valence-electron chi connectivity index (χ4n) is 1.97. The molecule has 4 heteroatoms. The molecule has 1 saturated carbocycles. The molecule has 86 valence electrons. The summed E-state index contributed by atoms with van der Waals surface area (Å²) in [4.78, 5) is 22.2. The van der Waals surface area contributed by atoms with E-state index < -0.39 is 11.9 Å². The maximum Gasteiger partial charge on any atom is 0.315 e. The number of carbonyl (C=O) groups excluding carboxylic acids is 1. The minimum absolute atomic E-state index is 0.195. The predicted octanol–water partition coefficient (Wildman–Crippen LogP) is 1.55. The standard InChI is InChI=1S/C11H19NO3/c1-8(10(14)15)9(13)12-11(2)6-4-3-5-7-11/h8H,3-7H2,1-2H3,(H,12,13)(H,14,15). The van der Waals surface area contributed by atoms with Crippen molar-refractivity contribution in [1.82, 2.24) is 5.32 Å². The molecule has 0 radical (unpaired) electrons. The first-order valence-corrected chi connectivity index (χ1v) is 5.49. The number of carboxylic acid groups (broad SMARTS) is 1. The van der Waals surface area contributed by atoms with Gasteiger partial charge in [-0.15, -0.1) is 0 Å². The van der Waals surface area contributed by atoms with Crippen LogP contribution in [0.5, 0.6) is 0 Å². The van der Waals surface area contributed by atoms with Gasteiger partial charge in [-0.1, -0.05) is 19.3 Å². The van der Waals surface area contributed by atoms with Crippen molar-refractivity contribution in [3.8, 4) is 0 Å². The number of hydrogen-bond donors (Lipinski definition) is 2. The van der Waals surface area contributed by atoms with Gasteiger partial charge in [0.05, 0.1) is 0 Å². The fraction of sp³-hybridized carbons (Fsp3) is 0.818. The zero-order chi connectivity index (χ0) is 11.5. The smallest absolute Gasteiger partial charge is 0.315 e. The van der Waals surface area contributed by atoms with Crippen LogP contribution in [0, 0.1) is 5.92 Å². The summed E-state index contributed by atoms with van der Waals surface area (Å²) in [6.45, 7) is 3.42. The van der Waals surface area contributed by atoms with Crippen molar-refractivity contribution in [3.05, 3.63) is 0 Å². The van der Waals surface area contributed by atoms with Gasteiger partial charge in [0.2, 0.25) is 5.91 Å². The minimum atomic E-state index is -1.06. The van der Waals surface area contributed by atoms with Crippen molar-refractivity contribution in [3.63, 3.8) is 0 Å². The average Bonchev–Trinajstić information content (AvgIpc) is 2.16. The van der Waals surface area contributed by atoms with Crippen molar-refractivity contribution >= 4 is 11.9 Å². The third-order valence-electron chi connectivity index (χ3n) is 3.15. The lowest BCUT2D eigenvalue weighted by Crippen LogP contribution is -2.50. The Labute approximate surface area is 90.0 Å². The lowest BCUT2D eigenvalue weighted by atomic mass is 9.83. The largest absolute Gasteiger partial charge is 0.481 e. The van der Waals surface area contributed by atoms with Gasteiger partial charge >= 0.3 is 5.97 Å². The molecule has 0 aromatic rings. The van der Waals surface area contributed by atoms with Crippen molar-refractivity contribution in [1.29, 1.82) is 0 Å². The Morgan fingerprint density at radius 2 is 1.80 bits per heavy atom. The highest BCUT2D eigenvalue weighted by Crippen LogP contribution is 2.27. The van der Waals surface area contributed by atoms with E-state index in [0.29, 0.717) is 0 Å². The van der Waals surface area contributed by atoms with Gasteiger partial charge in [-0.05, 0) is 26.7 Å². The van der Waals surface area contributed by atoms with Crippen molar-refractivity contribution in [2.24, 2.45) is 5.92 Å². The number of aliphatic carboxylic acids is 1. The van der Waals surface area contributed by atoms with E-state index in [1.165, 1.54) is 13.3 Å². The maximum absolute atomic E-state index is 11.6. The molecule has 1 aliphatic carbocycles. The van der Waals surface area contributed by atoms with Crippen LogP contribution in [0.15, 0.2) is 0 Å². The topological polar surface area (TPSA) is 66.4 Å². The highest BCUT2D eigenvalue weighted by atomic mass is 16.4. The molecule has 0 aromatic carbocycles. The van der Waals surface area contributed by atoms with Crippen LogP contribution in [-0.4, -0.2) is 22.5 Å². The number of hydrogen-bond acceptors (Lipinski definition) is 2. The van der Waals surface area contributed by atoms with Crippen LogP contribution >= 0.6 is 0 Å². The molecule has 4 nitrogen and oxygen atoms in total. The Balaban J connectivity index is 2.52. The summed E-state index contributed by atoms with van der Waals surface area (Å²) >= 11 is 0. The number of nitrogens with one attached hydrogen (secondary N) is 1. The van der Waals surface area contributed by atoms with Gasteiger partial charge < -0.3 is 10.4 Å². The summed E-state index contributed by atoms with van der Waals surface area (Å²) in [6.07, 6.45) is 5.33. The Hall–Kier alpha value is -1.06. The van der Waals surface area contributed by atoms with Gasteiger partial charge in [-0.3, -0.25) is 9.59 Å². The van der Waals surface area contributed by atoms with Crippen molar-refractivity contribution < 1.29 is 14.7 Å². The first kappa shape index (κ1) is 12.0. The first-order chi connectivity index (χ1) is 6.94. The molecular weight excluding hydrogens is 194 g/mol. The third kappa shape index (κ3) is 3.22. The summed E-state index contributed by atoms with van der Waals surface area (Å²) in [5.74, 6) is -2.39. The van der Waals surface area contributed by atoms with Crippen molar-refractivity contribution in [2.75, 3.05) is 0 Å². The van der Waals surface area contributed by atoms with Crippen LogP contribution in [0.2, 0.25) is 0 Å². The third-order valence-corrected chi connectivity index (χ3v) is 3.15. The van der Waals surface area contributed by atoms with E-state index in [4.69, 9.17) is 5.11 Å². The normalized spacial score (nSPS) is 21.7. The average molecular weight is 213 g/mol. The minimum Gasteiger partial charge on any atom is -0.481 e. The molecule has 1 aliphatic rings. The van der Waals surface area contributed by atoms with Crippen LogP contribution in [-0.2, 0) is 9.59 Å². The Morgan fingerprint density at radius 3 is 2.27 bits per heavy atom. The van der Waals surface area contributed by atoms with Gasteiger partial charge in [0.1, 0.15) is 5.92 Å². The zero-order valence-electron chi connectivity index (χ0n) is 9.38. The maximum atomic E-state index is 11.6. The lowest BCUT2D eigenvalue weighted by Gasteiger charge is -2.35. The van der Waals surface area contributed by atoms with E-state index in [1.54, 1.807) is 0 Å². The highest BCUT2D eigenvalue weighted by Gasteiger charge is 2.31. The molecule has 0 aromatic heterocycles. The summed E-state index contributed by atoms with van der Waals surface area (Å²) in [7, 11) is 0. The fourth-order valence-corrected chi connectivity index (χ4v) is 1.97. The highest BCUT2D eigenvalue weighted by molar-refractivity contribution is 5.96. The second-order valence-electron chi connectivity index (χ2n) is 4.67. The quantitative estimate of drug-likeness (QED) is 0.699. The van der Waals surface area contributed by atoms with Gasteiger partial charge in [-0.2, -0.15) is 0 Å². The lowest BCUT2D eigenvalue weighted by molar-refractivity contribution is -0.146. The second kappa shape index (κ2) is 4.64. The first-order valence-electron chi connectivity index (χ1n) is 5.49. The molecule has 1 rings (SSSR count). The molecule has 0 spiro atoms. The zero-order valence-corrected chi connectivity index (χ0v) is 9.38. The molecule has 0 aliphatic heterocycles. The van der Waals surface area contributed by atoms with E-state index in [1.807, 2.05) is 6.92 Å². The van der Waals surface area contributed by atoms with E-state index in [-0.39, 0.29) is 11.4 Å². The van der Waals surface area contributed by atoms with Gasteiger partial charge in [0.25, 0.3) is 0 Å². The summed E-state index contributed by atoms with van der Waals surface area (Å²) in [5.41, 5.74) is -0.195. The number of amides is 1. The van der Waals surface area contributed by atoms with Gasteiger partial charge in [0.15, 0.2) is 0 Å². The van der Waals surface area contributed by atoms with Crippen LogP contribution in [0.3, 0.4) is 0 Å². The number of carbonyl (C=O) groups is 2. The van der Waals surface area contributed by atoms with Crippen LogP contribution < -0.4 is 5.32 Å². The Bertz CT molecular complexity index is 257. The molecule has 0 saturated heterocycles. The van der Waals surface area contributed by atoms with E-state index in [0.717, 1.165) is 25.7 Å². The van der Waals surface area contributed by atoms with Crippen LogP contribution in [0.1, 0.15) is 46.0 Å². The van der Waals surface area contributed by atoms with Crippen molar-refractivity contribution in [2.45, 2.75) is 51.5 Å². The molecule has 1 fully saturated rings. The summed E-state index contributed by atoms with van der Waals surface area (Å²) < 4.78 is 0.